The molecule has 5 nitrogen and oxygen atoms in total. The van der Waals surface area contributed by atoms with Crippen molar-refractivity contribution in [3.05, 3.63) is 0 Å². The molecule has 12 heavy (non-hydrogen) atoms. The fourth-order valence-corrected chi connectivity index (χ4v) is 0.758. The quantitative estimate of drug-likeness (QED) is 0.434. The van der Waals surface area contributed by atoms with Crippen LogP contribution in [0.3, 0.4) is 0 Å². The minimum atomic E-state index is -0.865. The molecule has 1 unspecified atom stereocenters. The summed E-state index contributed by atoms with van der Waals surface area (Å²) in [5.41, 5.74) is 5.47. The molecule has 0 aliphatic rings. The number of carboxylic acid groups (broad SMARTS) is 1. The Labute approximate surface area is 71.9 Å². The zero-order valence-electron chi connectivity index (χ0n) is 7.25. The van der Waals surface area contributed by atoms with Gasteiger partial charge in [-0.2, -0.15) is 0 Å². The molecule has 0 radical (unpaired) electrons. The van der Waals surface area contributed by atoms with Gasteiger partial charge in [0.05, 0.1) is 13.0 Å². The molecule has 0 saturated heterocycles. The van der Waals surface area contributed by atoms with Crippen molar-refractivity contribution in [3.63, 3.8) is 0 Å². The van der Waals surface area contributed by atoms with Gasteiger partial charge in [-0.05, 0) is 0 Å². The number of hydrogen-bond acceptors (Lipinski definition) is 4. The van der Waals surface area contributed by atoms with Crippen LogP contribution < -0.4 is 11.1 Å². The first-order chi connectivity index (χ1) is 5.66. The number of aliphatic carboxylic acids is 1. The minimum Gasteiger partial charge on any atom is -0.481 e. The van der Waals surface area contributed by atoms with E-state index in [-0.39, 0.29) is 12.5 Å². The molecule has 0 bridgehead atoms. The largest absolute Gasteiger partial charge is 0.481 e. The maximum Gasteiger partial charge on any atom is 0.304 e. The Kier molecular flexibility index (Phi) is 6.64. The zero-order valence-corrected chi connectivity index (χ0v) is 7.25. The number of carbonyl (C=O) groups is 1. The fraction of sp³-hybridized carbons (Fsp3) is 0.857. The third-order valence-corrected chi connectivity index (χ3v) is 1.33. The second kappa shape index (κ2) is 7.02. The third-order valence-electron chi connectivity index (χ3n) is 1.33. The van der Waals surface area contributed by atoms with Gasteiger partial charge in [-0.3, -0.25) is 4.79 Å². The van der Waals surface area contributed by atoms with E-state index in [9.17, 15) is 4.79 Å². The molecule has 0 spiro atoms. The molecule has 5 heteroatoms. The summed E-state index contributed by atoms with van der Waals surface area (Å²) in [6.07, 6.45) is -0.0000177. The highest BCUT2D eigenvalue weighted by molar-refractivity contribution is 5.67. The van der Waals surface area contributed by atoms with E-state index >= 15 is 0 Å². The maximum absolute atomic E-state index is 10.2. The van der Waals surface area contributed by atoms with Gasteiger partial charge in [0, 0.05) is 26.2 Å². The molecular formula is C7H16N2O3. The lowest BCUT2D eigenvalue weighted by molar-refractivity contribution is -0.137. The van der Waals surface area contributed by atoms with Gasteiger partial charge in [0.2, 0.25) is 0 Å². The lowest BCUT2D eigenvalue weighted by atomic mass is 10.2. The highest BCUT2D eigenvalue weighted by Crippen LogP contribution is 1.85. The van der Waals surface area contributed by atoms with Gasteiger partial charge in [-0.1, -0.05) is 0 Å². The van der Waals surface area contributed by atoms with Gasteiger partial charge in [0.1, 0.15) is 0 Å². The standard InChI is InChI=1S/C7H16N2O3/c1-12-3-2-9-5-6(8)4-7(10)11/h6,9H,2-5,8H2,1H3,(H,10,11). The second-order valence-corrected chi connectivity index (χ2v) is 2.55. The van der Waals surface area contributed by atoms with Crippen LogP contribution in [0.1, 0.15) is 6.42 Å². The molecule has 0 amide bonds. The highest BCUT2D eigenvalue weighted by Gasteiger charge is 2.06. The van der Waals surface area contributed by atoms with Crippen LogP contribution in [0.25, 0.3) is 0 Å². The van der Waals surface area contributed by atoms with Crippen molar-refractivity contribution in [2.75, 3.05) is 26.8 Å². The van der Waals surface area contributed by atoms with Gasteiger partial charge in [0.25, 0.3) is 0 Å². The Hall–Kier alpha value is -0.650. The summed E-state index contributed by atoms with van der Waals surface area (Å²) >= 11 is 0. The van der Waals surface area contributed by atoms with Crippen LogP contribution >= 0.6 is 0 Å². The molecule has 0 heterocycles. The fourth-order valence-electron chi connectivity index (χ4n) is 0.758. The molecule has 0 aliphatic carbocycles. The number of hydrogen-bond donors (Lipinski definition) is 3. The van der Waals surface area contributed by atoms with E-state index < -0.39 is 5.97 Å². The van der Waals surface area contributed by atoms with Crippen LogP contribution in [0.15, 0.2) is 0 Å². The summed E-state index contributed by atoms with van der Waals surface area (Å²) in [6.45, 7) is 1.82. The molecule has 0 aromatic carbocycles. The monoisotopic (exact) mass is 176 g/mol. The summed E-state index contributed by atoms with van der Waals surface area (Å²) in [5.74, 6) is -0.865. The van der Waals surface area contributed by atoms with Crippen LogP contribution in [0.4, 0.5) is 0 Å². The Morgan fingerprint density at radius 1 is 1.75 bits per heavy atom. The summed E-state index contributed by atoms with van der Waals surface area (Å²) < 4.78 is 4.79. The lowest BCUT2D eigenvalue weighted by Crippen LogP contribution is -2.36. The number of carboxylic acids is 1. The van der Waals surface area contributed by atoms with E-state index in [0.29, 0.717) is 19.7 Å². The molecule has 0 rings (SSSR count). The van der Waals surface area contributed by atoms with Crippen molar-refractivity contribution in [1.29, 1.82) is 0 Å². The van der Waals surface area contributed by atoms with E-state index in [1.54, 1.807) is 7.11 Å². The molecular weight excluding hydrogens is 160 g/mol. The van der Waals surface area contributed by atoms with Gasteiger partial charge in [0.15, 0.2) is 0 Å². The van der Waals surface area contributed by atoms with Crippen molar-refractivity contribution in [3.8, 4) is 0 Å². The smallest absolute Gasteiger partial charge is 0.304 e. The van der Waals surface area contributed by atoms with Crippen LogP contribution in [0, 0.1) is 0 Å². The van der Waals surface area contributed by atoms with Crippen LogP contribution in [-0.4, -0.2) is 43.9 Å². The Balaban J connectivity index is 3.19. The van der Waals surface area contributed by atoms with Crippen molar-refractivity contribution < 1.29 is 14.6 Å². The third kappa shape index (κ3) is 7.46. The van der Waals surface area contributed by atoms with Gasteiger partial charge in [-0.25, -0.2) is 0 Å². The molecule has 0 fully saturated rings. The lowest BCUT2D eigenvalue weighted by Gasteiger charge is -2.09. The average molecular weight is 176 g/mol. The first kappa shape index (κ1) is 11.4. The topological polar surface area (TPSA) is 84.6 Å². The Morgan fingerprint density at radius 2 is 2.42 bits per heavy atom. The predicted molar refractivity (Wildman–Crippen MR) is 45.0 cm³/mol. The van der Waals surface area contributed by atoms with Crippen molar-refractivity contribution in [2.24, 2.45) is 5.73 Å². The van der Waals surface area contributed by atoms with E-state index in [4.69, 9.17) is 15.6 Å². The molecule has 0 aliphatic heterocycles. The first-order valence-electron chi connectivity index (χ1n) is 3.84. The molecule has 0 aromatic heterocycles. The summed E-state index contributed by atoms with van der Waals surface area (Å²) in [4.78, 5) is 10.2. The van der Waals surface area contributed by atoms with E-state index in [0.717, 1.165) is 0 Å². The Bertz CT molecular complexity index is 130. The Morgan fingerprint density at radius 3 is 2.92 bits per heavy atom. The minimum absolute atomic E-state index is 0.0000177. The van der Waals surface area contributed by atoms with E-state index in [2.05, 4.69) is 5.32 Å². The van der Waals surface area contributed by atoms with Gasteiger partial charge >= 0.3 is 5.97 Å². The molecule has 4 N–H and O–H groups in total. The van der Waals surface area contributed by atoms with E-state index in [1.807, 2.05) is 0 Å². The molecule has 72 valence electrons. The zero-order chi connectivity index (χ0) is 9.40. The number of ether oxygens (including phenoxy) is 1. The van der Waals surface area contributed by atoms with Crippen molar-refractivity contribution >= 4 is 5.97 Å². The van der Waals surface area contributed by atoms with Crippen LogP contribution in [0.2, 0.25) is 0 Å². The van der Waals surface area contributed by atoms with Crippen molar-refractivity contribution in [2.45, 2.75) is 12.5 Å². The normalized spacial score (nSPS) is 12.8. The molecule has 0 saturated carbocycles. The first-order valence-corrected chi connectivity index (χ1v) is 3.84. The number of nitrogens with one attached hydrogen (secondary N) is 1. The molecule has 0 aromatic rings. The predicted octanol–water partition coefficient (Wildman–Crippen LogP) is -0.976. The second-order valence-electron chi connectivity index (χ2n) is 2.55. The van der Waals surface area contributed by atoms with Crippen LogP contribution in [-0.2, 0) is 9.53 Å². The summed E-state index contributed by atoms with van der Waals surface area (Å²) in [7, 11) is 1.61. The van der Waals surface area contributed by atoms with Gasteiger partial charge < -0.3 is 20.9 Å². The highest BCUT2D eigenvalue weighted by atomic mass is 16.5. The van der Waals surface area contributed by atoms with Gasteiger partial charge in [-0.15, -0.1) is 0 Å². The van der Waals surface area contributed by atoms with E-state index in [1.165, 1.54) is 0 Å². The number of rotatable bonds is 7. The summed E-state index contributed by atoms with van der Waals surface area (Å²) in [6, 6.07) is -0.320. The maximum atomic E-state index is 10.2. The molecule has 1 atom stereocenters. The number of nitrogens with two attached hydrogens (primary N) is 1. The average Bonchev–Trinajstić information content (AvgIpc) is 1.97. The summed E-state index contributed by atoms with van der Waals surface area (Å²) in [5, 5.41) is 11.3. The van der Waals surface area contributed by atoms with Crippen LogP contribution in [0.5, 0.6) is 0 Å². The van der Waals surface area contributed by atoms with Crippen molar-refractivity contribution in [1.82, 2.24) is 5.32 Å². The SMILES string of the molecule is COCCNCC(N)CC(=O)O. The number of methoxy groups -OCH3 is 1.